The van der Waals surface area contributed by atoms with Crippen LogP contribution < -0.4 is 0 Å². The molecular weight excluding hydrogens is 372 g/mol. The van der Waals surface area contributed by atoms with Gasteiger partial charge in [0.25, 0.3) is 0 Å². The number of carbonyl (C=O) groups is 2. The first-order chi connectivity index (χ1) is 14.4. The molecule has 0 aromatic heterocycles. The van der Waals surface area contributed by atoms with Gasteiger partial charge in [-0.2, -0.15) is 0 Å². The third-order valence-corrected chi connectivity index (χ3v) is 6.85. The van der Waals surface area contributed by atoms with Crippen LogP contribution in [0.5, 0.6) is 0 Å². The number of hydrogen-bond acceptors (Lipinski definition) is 2. The quantitative estimate of drug-likeness (QED) is 0.659. The fourth-order valence-electron chi connectivity index (χ4n) is 4.46. The summed E-state index contributed by atoms with van der Waals surface area (Å²) in [4.78, 5) is 29.8. The van der Waals surface area contributed by atoms with Crippen LogP contribution in [0.1, 0.15) is 62.7 Å². The van der Waals surface area contributed by atoms with Gasteiger partial charge >= 0.3 is 0 Å². The van der Waals surface area contributed by atoms with Crippen molar-refractivity contribution < 1.29 is 9.59 Å². The molecule has 0 bridgehead atoms. The number of carbonyl (C=O) groups excluding carboxylic acids is 2. The number of hydrogen-bond donors (Lipinski definition) is 0. The summed E-state index contributed by atoms with van der Waals surface area (Å²) in [6.45, 7) is 4.14. The zero-order valence-electron chi connectivity index (χ0n) is 18.6. The highest BCUT2D eigenvalue weighted by Gasteiger charge is 2.34. The van der Waals surface area contributed by atoms with Crippen LogP contribution >= 0.6 is 0 Å². The fourth-order valence-corrected chi connectivity index (χ4v) is 4.46. The molecule has 4 nitrogen and oxygen atoms in total. The van der Waals surface area contributed by atoms with E-state index in [0.29, 0.717) is 0 Å². The lowest BCUT2D eigenvalue weighted by atomic mass is 9.80. The van der Waals surface area contributed by atoms with Crippen LogP contribution in [-0.2, 0) is 9.59 Å². The van der Waals surface area contributed by atoms with Crippen molar-refractivity contribution in [3.05, 3.63) is 71.8 Å². The monoisotopic (exact) mass is 406 g/mol. The van der Waals surface area contributed by atoms with E-state index in [1.165, 1.54) is 0 Å². The van der Waals surface area contributed by atoms with Crippen LogP contribution in [0.15, 0.2) is 60.7 Å². The molecule has 2 aromatic rings. The lowest BCUT2D eigenvalue weighted by Crippen LogP contribution is -2.40. The molecule has 0 N–H and O–H groups in total. The Hall–Kier alpha value is -2.62. The summed E-state index contributed by atoms with van der Waals surface area (Å²) in [6, 6.07) is 20.4. The molecule has 30 heavy (non-hydrogen) atoms. The highest BCUT2D eigenvalue weighted by molar-refractivity contribution is 5.81. The molecule has 160 valence electrons. The second-order valence-corrected chi connectivity index (χ2v) is 8.62. The normalized spacial score (nSPS) is 20.8. The topological polar surface area (TPSA) is 40.6 Å². The molecule has 2 atom stereocenters. The molecule has 0 radical (unpaired) electrons. The Morgan fingerprint density at radius 3 is 1.27 bits per heavy atom. The van der Waals surface area contributed by atoms with Gasteiger partial charge in [0.1, 0.15) is 0 Å². The molecule has 1 fully saturated rings. The molecule has 1 saturated carbocycles. The van der Waals surface area contributed by atoms with Gasteiger partial charge in [-0.1, -0.05) is 60.7 Å². The van der Waals surface area contributed by atoms with E-state index in [1.807, 2.05) is 60.3 Å². The first kappa shape index (κ1) is 22.1. The van der Waals surface area contributed by atoms with E-state index in [4.69, 9.17) is 0 Å². The van der Waals surface area contributed by atoms with Crippen LogP contribution in [-0.4, -0.2) is 35.7 Å². The summed E-state index contributed by atoms with van der Waals surface area (Å²) in [6.07, 6.45) is 3.15. The predicted molar refractivity (Wildman–Crippen MR) is 121 cm³/mol. The van der Waals surface area contributed by atoms with Crippen LogP contribution in [0.2, 0.25) is 0 Å². The SMILES string of the molecule is C[C@H](c1ccccc1)N(C)C(=O)C1CCC(C(=O)N(C)[C@H](C)c2ccccc2)CC1. The lowest BCUT2D eigenvalue weighted by molar-refractivity contribution is -0.142. The van der Waals surface area contributed by atoms with E-state index in [1.54, 1.807) is 0 Å². The Labute approximate surface area is 180 Å². The van der Waals surface area contributed by atoms with Crippen molar-refractivity contribution in [2.75, 3.05) is 14.1 Å². The van der Waals surface area contributed by atoms with Gasteiger partial charge in [-0.3, -0.25) is 9.59 Å². The van der Waals surface area contributed by atoms with E-state index in [0.717, 1.165) is 36.8 Å². The Bertz CT molecular complexity index is 757. The average Bonchev–Trinajstić information content (AvgIpc) is 2.82. The molecule has 0 saturated heterocycles. The van der Waals surface area contributed by atoms with Gasteiger partial charge in [-0.25, -0.2) is 0 Å². The van der Waals surface area contributed by atoms with Gasteiger partial charge in [-0.05, 0) is 50.7 Å². The minimum Gasteiger partial charge on any atom is -0.339 e. The maximum absolute atomic E-state index is 13.0. The summed E-state index contributed by atoms with van der Waals surface area (Å²) < 4.78 is 0. The highest BCUT2D eigenvalue weighted by atomic mass is 16.2. The van der Waals surface area contributed by atoms with Crippen LogP contribution in [0, 0.1) is 11.8 Å². The van der Waals surface area contributed by atoms with Crippen molar-refractivity contribution in [1.29, 1.82) is 0 Å². The lowest BCUT2D eigenvalue weighted by Gasteiger charge is -2.35. The van der Waals surface area contributed by atoms with E-state index in [9.17, 15) is 9.59 Å². The van der Waals surface area contributed by atoms with Crippen molar-refractivity contribution in [2.45, 2.75) is 51.6 Å². The van der Waals surface area contributed by atoms with Gasteiger partial charge in [0, 0.05) is 25.9 Å². The van der Waals surface area contributed by atoms with E-state index >= 15 is 0 Å². The first-order valence-corrected chi connectivity index (χ1v) is 11.0. The van der Waals surface area contributed by atoms with E-state index in [2.05, 4.69) is 38.1 Å². The van der Waals surface area contributed by atoms with Crippen LogP contribution in [0.25, 0.3) is 0 Å². The van der Waals surface area contributed by atoms with Gasteiger partial charge < -0.3 is 9.80 Å². The molecule has 1 aliphatic carbocycles. The number of nitrogens with zero attached hydrogens (tertiary/aromatic N) is 2. The van der Waals surface area contributed by atoms with Crippen molar-refractivity contribution >= 4 is 11.8 Å². The molecule has 1 aliphatic rings. The summed E-state index contributed by atoms with van der Waals surface area (Å²) in [5, 5.41) is 0. The minimum absolute atomic E-state index is 0.0158. The van der Waals surface area contributed by atoms with E-state index in [-0.39, 0.29) is 35.7 Å². The Kier molecular flexibility index (Phi) is 7.30. The highest BCUT2D eigenvalue weighted by Crippen LogP contribution is 2.34. The zero-order chi connectivity index (χ0) is 21.7. The van der Waals surface area contributed by atoms with Crippen molar-refractivity contribution in [3.63, 3.8) is 0 Å². The van der Waals surface area contributed by atoms with E-state index < -0.39 is 0 Å². The summed E-state index contributed by atoms with van der Waals surface area (Å²) >= 11 is 0. The number of benzene rings is 2. The summed E-state index contributed by atoms with van der Waals surface area (Å²) in [7, 11) is 3.79. The third-order valence-electron chi connectivity index (χ3n) is 6.85. The maximum Gasteiger partial charge on any atom is 0.225 e. The standard InChI is InChI=1S/C26H34N2O2/c1-19(21-11-7-5-8-12-21)27(3)25(29)23-15-17-24(18-16-23)26(30)28(4)20(2)22-13-9-6-10-14-22/h5-14,19-20,23-24H,15-18H2,1-4H3/t19-,20-,23?,24?/m1/s1. The molecule has 2 amide bonds. The summed E-state index contributed by atoms with van der Waals surface area (Å²) in [5.41, 5.74) is 2.29. The van der Waals surface area contributed by atoms with Crippen molar-refractivity contribution in [3.8, 4) is 0 Å². The Balaban J connectivity index is 1.55. The van der Waals surface area contributed by atoms with Gasteiger partial charge in [-0.15, -0.1) is 0 Å². The molecule has 0 heterocycles. The Morgan fingerprint density at radius 1 is 0.667 bits per heavy atom. The second kappa shape index (κ2) is 9.92. The second-order valence-electron chi connectivity index (χ2n) is 8.62. The van der Waals surface area contributed by atoms with Crippen molar-refractivity contribution in [1.82, 2.24) is 9.80 Å². The average molecular weight is 407 g/mol. The molecule has 0 aliphatic heterocycles. The molecule has 4 heteroatoms. The molecule has 0 unspecified atom stereocenters. The Morgan fingerprint density at radius 2 is 0.967 bits per heavy atom. The first-order valence-electron chi connectivity index (χ1n) is 11.0. The van der Waals surface area contributed by atoms with Crippen molar-refractivity contribution in [2.24, 2.45) is 11.8 Å². The molecule has 0 spiro atoms. The van der Waals surface area contributed by atoms with Crippen LogP contribution in [0.3, 0.4) is 0 Å². The third kappa shape index (κ3) is 4.92. The van der Waals surface area contributed by atoms with Gasteiger partial charge in [0.15, 0.2) is 0 Å². The maximum atomic E-state index is 13.0. The van der Waals surface area contributed by atoms with Gasteiger partial charge in [0.2, 0.25) is 11.8 Å². The largest absolute Gasteiger partial charge is 0.339 e. The molecule has 2 aromatic carbocycles. The number of rotatable bonds is 6. The predicted octanol–water partition coefficient (Wildman–Crippen LogP) is 5.23. The summed E-state index contributed by atoms with van der Waals surface area (Å²) in [5.74, 6) is 0.427. The molecular formula is C26H34N2O2. The minimum atomic E-state index is 0.0158. The zero-order valence-corrected chi connectivity index (χ0v) is 18.6. The van der Waals surface area contributed by atoms with Crippen LogP contribution in [0.4, 0.5) is 0 Å². The molecule has 3 rings (SSSR count). The smallest absolute Gasteiger partial charge is 0.225 e. The van der Waals surface area contributed by atoms with Gasteiger partial charge in [0.05, 0.1) is 12.1 Å². The fraction of sp³-hybridized carbons (Fsp3) is 0.462. The number of amides is 2.